The fourth-order valence-electron chi connectivity index (χ4n) is 1.41. The minimum Gasteiger partial charge on any atom is -0.308 e. The van der Waals surface area contributed by atoms with Crippen LogP contribution in [0.4, 0.5) is 0 Å². The maximum absolute atomic E-state index is 4.45. The van der Waals surface area contributed by atoms with Crippen LogP contribution in [0.1, 0.15) is 43.1 Å². The van der Waals surface area contributed by atoms with Gasteiger partial charge in [0.05, 0.1) is 6.04 Å². The van der Waals surface area contributed by atoms with Crippen molar-refractivity contribution in [3.8, 4) is 0 Å². The lowest BCUT2D eigenvalue weighted by Crippen LogP contribution is -2.20. The summed E-state index contributed by atoms with van der Waals surface area (Å²) in [7, 11) is 0. The third kappa shape index (κ3) is 4.85. The van der Waals surface area contributed by atoms with Crippen molar-refractivity contribution >= 4 is 23.1 Å². The molecule has 0 bridgehead atoms. The second-order valence-electron chi connectivity index (χ2n) is 3.74. The van der Waals surface area contributed by atoms with E-state index in [1.165, 1.54) is 27.8 Å². The normalized spacial score (nSPS) is 12.9. The standard InChI is InChI=1S/C12H22N2S2/c1-4-11-9-14-12(16-11)10(3)13-7-6-8-15-5-2/h9-10,13H,4-8H2,1-3H3. The van der Waals surface area contributed by atoms with Crippen molar-refractivity contribution in [2.45, 2.75) is 39.7 Å². The molecule has 0 saturated carbocycles. The van der Waals surface area contributed by atoms with Crippen LogP contribution < -0.4 is 5.32 Å². The molecule has 0 aromatic carbocycles. The molecule has 16 heavy (non-hydrogen) atoms. The number of hydrogen-bond acceptors (Lipinski definition) is 4. The summed E-state index contributed by atoms with van der Waals surface area (Å²) in [5.74, 6) is 2.48. The molecule has 4 heteroatoms. The van der Waals surface area contributed by atoms with Crippen molar-refractivity contribution in [3.05, 3.63) is 16.1 Å². The Morgan fingerprint density at radius 3 is 2.94 bits per heavy atom. The fourth-order valence-corrected chi connectivity index (χ4v) is 2.93. The minimum atomic E-state index is 0.400. The van der Waals surface area contributed by atoms with E-state index in [0.717, 1.165) is 13.0 Å². The Labute approximate surface area is 107 Å². The highest BCUT2D eigenvalue weighted by Gasteiger charge is 2.08. The number of nitrogens with zero attached hydrogens (tertiary/aromatic N) is 1. The number of hydrogen-bond donors (Lipinski definition) is 1. The molecular formula is C12H22N2S2. The van der Waals surface area contributed by atoms with Gasteiger partial charge in [0.15, 0.2) is 0 Å². The van der Waals surface area contributed by atoms with E-state index in [-0.39, 0.29) is 0 Å². The summed E-state index contributed by atoms with van der Waals surface area (Å²) in [6.45, 7) is 7.68. The van der Waals surface area contributed by atoms with Crippen molar-refractivity contribution in [1.82, 2.24) is 10.3 Å². The first-order valence-electron chi connectivity index (χ1n) is 6.03. The smallest absolute Gasteiger partial charge is 0.109 e. The fraction of sp³-hybridized carbons (Fsp3) is 0.750. The zero-order valence-electron chi connectivity index (χ0n) is 10.5. The summed E-state index contributed by atoms with van der Waals surface area (Å²) < 4.78 is 0. The van der Waals surface area contributed by atoms with Gasteiger partial charge in [-0.1, -0.05) is 13.8 Å². The summed E-state index contributed by atoms with van der Waals surface area (Å²) >= 11 is 3.84. The van der Waals surface area contributed by atoms with Gasteiger partial charge in [-0.3, -0.25) is 0 Å². The molecule has 1 rings (SSSR count). The Hall–Kier alpha value is -0.0600. The first-order valence-corrected chi connectivity index (χ1v) is 8.00. The quantitative estimate of drug-likeness (QED) is 0.722. The maximum atomic E-state index is 4.45. The van der Waals surface area contributed by atoms with Crippen molar-refractivity contribution in [3.63, 3.8) is 0 Å². The second-order valence-corrected chi connectivity index (χ2v) is 6.29. The van der Waals surface area contributed by atoms with Gasteiger partial charge in [-0.25, -0.2) is 4.98 Å². The van der Waals surface area contributed by atoms with Gasteiger partial charge in [0, 0.05) is 11.1 Å². The van der Waals surface area contributed by atoms with Crippen molar-refractivity contribution in [1.29, 1.82) is 0 Å². The van der Waals surface area contributed by atoms with E-state index in [1.807, 2.05) is 29.3 Å². The van der Waals surface area contributed by atoms with Gasteiger partial charge in [0.2, 0.25) is 0 Å². The Bertz CT molecular complexity index is 286. The largest absolute Gasteiger partial charge is 0.308 e. The van der Waals surface area contributed by atoms with E-state index in [2.05, 4.69) is 31.1 Å². The molecule has 0 fully saturated rings. The third-order valence-corrected chi connectivity index (χ3v) is 4.72. The summed E-state index contributed by atoms with van der Waals surface area (Å²) in [5, 5.41) is 4.75. The van der Waals surface area contributed by atoms with Crippen LogP contribution in [-0.4, -0.2) is 23.0 Å². The molecular weight excluding hydrogens is 236 g/mol. The molecule has 0 radical (unpaired) electrons. The first-order chi connectivity index (χ1) is 7.77. The highest BCUT2D eigenvalue weighted by atomic mass is 32.2. The molecule has 1 heterocycles. The van der Waals surface area contributed by atoms with Gasteiger partial charge in [-0.2, -0.15) is 11.8 Å². The lowest BCUT2D eigenvalue weighted by atomic mass is 10.3. The Morgan fingerprint density at radius 1 is 1.50 bits per heavy atom. The predicted octanol–water partition coefficient (Wildman–Crippen LogP) is 3.50. The summed E-state index contributed by atoms with van der Waals surface area (Å²) in [6.07, 6.45) is 4.34. The summed E-state index contributed by atoms with van der Waals surface area (Å²) in [4.78, 5) is 5.83. The molecule has 1 aromatic rings. The topological polar surface area (TPSA) is 24.9 Å². The van der Waals surface area contributed by atoms with E-state index in [4.69, 9.17) is 0 Å². The maximum Gasteiger partial charge on any atom is 0.109 e. The van der Waals surface area contributed by atoms with Crippen LogP contribution in [0.25, 0.3) is 0 Å². The molecule has 1 unspecified atom stereocenters. The third-order valence-electron chi connectivity index (χ3n) is 2.41. The number of aromatic nitrogens is 1. The van der Waals surface area contributed by atoms with Crippen LogP contribution in [0.3, 0.4) is 0 Å². The van der Waals surface area contributed by atoms with Gasteiger partial charge >= 0.3 is 0 Å². The number of thiazole rings is 1. The lowest BCUT2D eigenvalue weighted by Gasteiger charge is -2.10. The van der Waals surface area contributed by atoms with E-state index in [0.29, 0.717) is 6.04 Å². The number of nitrogens with one attached hydrogen (secondary N) is 1. The van der Waals surface area contributed by atoms with Crippen LogP contribution in [-0.2, 0) is 6.42 Å². The molecule has 1 aromatic heterocycles. The Balaban J connectivity index is 2.21. The van der Waals surface area contributed by atoms with Gasteiger partial charge < -0.3 is 5.32 Å². The number of rotatable bonds is 8. The zero-order chi connectivity index (χ0) is 11.8. The predicted molar refractivity (Wildman–Crippen MR) is 75.5 cm³/mol. The van der Waals surface area contributed by atoms with Crippen LogP contribution >= 0.6 is 23.1 Å². The van der Waals surface area contributed by atoms with Crippen molar-refractivity contribution < 1.29 is 0 Å². The van der Waals surface area contributed by atoms with E-state index < -0.39 is 0 Å². The van der Waals surface area contributed by atoms with Crippen molar-refractivity contribution in [2.75, 3.05) is 18.1 Å². The monoisotopic (exact) mass is 258 g/mol. The molecule has 0 aliphatic carbocycles. The first kappa shape index (κ1) is 14.0. The van der Waals surface area contributed by atoms with Gasteiger partial charge in [0.1, 0.15) is 5.01 Å². The molecule has 92 valence electrons. The SMILES string of the molecule is CCSCCCNC(C)c1ncc(CC)s1. The Morgan fingerprint density at radius 2 is 2.31 bits per heavy atom. The van der Waals surface area contributed by atoms with Crippen LogP contribution in [0.15, 0.2) is 6.20 Å². The number of aryl methyl sites for hydroxylation is 1. The summed E-state index contributed by atoms with van der Waals surface area (Å²) in [5.41, 5.74) is 0. The molecule has 0 aliphatic heterocycles. The molecule has 1 atom stereocenters. The molecule has 0 amide bonds. The van der Waals surface area contributed by atoms with E-state index >= 15 is 0 Å². The highest BCUT2D eigenvalue weighted by Crippen LogP contribution is 2.20. The van der Waals surface area contributed by atoms with Crippen LogP contribution in [0, 0.1) is 0 Å². The van der Waals surface area contributed by atoms with Crippen molar-refractivity contribution in [2.24, 2.45) is 0 Å². The minimum absolute atomic E-state index is 0.400. The average molecular weight is 258 g/mol. The molecule has 0 aliphatic rings. The zero-order valence-corrected chi connectivity index (χ0v) is 12.1. The summed E-state index contributed by atoms with van der Waals surface area (Å²) in [6, 6.07) is 0.400. The second kappa shape index (κ2) is 8.09. The van der Waals surface area contributed by atoms with E-state index in [1.54, 1.807) is 0 Å². The molecule has 0 saturated heterocycles. The number of thioether (sulfide) groups is 1. The molecule has 1 N–H and O–H groups in total. The van der Waals surface area contributed by atoms with Crippen LogP contribution in [0.2, 0.25) is 0 Å². The van der Waals surface area contributed by atoms with E-state index in [9.17, 15) is 0 Å². The molecule has 0 spiro atoms. The van der Waals surface area contributed by atoms with Gasteiger partial charge in [-0.15, -0.1) is 11.3 Å². The molecule has 2 nitrogen and oxygen atoms in total. The average Bonchev–Trinajstić information content (AvgIpc) is 2.77. The van der Waals surface area contributed by atoms with Gasteiger partial charge in [0.25, 0.3) is 0 Å². The lowest BCUT2D eigenvalue weighted by molar-refractivity contribution is 0.570. The Kier molecular flexibility index (Phi) is 7.08. The van der Waals surface area contributed by atoms with Crippen LogP contribution in [0.5, 0.6) is 0 Å². The highest BCUT2D eigenvalue weighted by molar-refractivity contribution is 7.99. The van der Waals surface area contributed by atoms with Gasteiger partial charge in [-0.05, 0) is 37.8 Å².